The van der Waals surface area contributed by atoms with E-state index >= 15 is 0 Å². The van der Waals surface area contributed by atoms with E-state index in [2.05, 4.69) is 0 Å². The third kappa shape index (κ3) is 2.87. The molecule has 2 aromatic carbocycles. The van der Waals surface area contributed by atoms with Crippen LogP contribution in [-0.2, 0) is 10.7 Å². The highest BCUT2D eigenvalue weighted by Crippen LogP contribution is 2.27. The van der Waals surface area contributed by atoms with Gasteiger partial charge in [-0.15, -0.1) is 0 Å². The highest BCUT2D eigenvalue weighted by molar-refractivity contribution is 7.99. The number of rotatable bonds is 3. The molecule has 0 unspecified atom stereocenters. The van der Waals surface area contributed by atoms with E-state index in [1.54, 1.807) is 23.9 Å². The van der Waals surface area contributed by atoms with Crippen LogP contribution in [0.25, 0.3) is 0 Å². The molecule has 0 N–H and O–H groups in total. The topological polar surface area (TPSA) is 34.1 Å². The quantitative estimate of drug-likeness (QED) is 0.851. The Hall–Kier alpha value is -1.26. The molecule has 0 amide bonds. The van der Waals surface area contributed by atoms with Crippen LogP contribution < -0.4 is 0 Å². The molecule has 4 heteroatoms. The normalized spacial score (nSPS) is 10.6. The Kier molecular flexibility index (Phi) is 3.64. The fourth-order valence-corrected chi connectivity index (χ4v) is 2.49. The standard InChI is InChI=1S/C12H10O2S2/c13-16(14)12-8-6-11(7-9-12)15-10-4-2-1-3-5-10/h1-9,16H. The first-order valence-corrected chi connectivity index (χ1v) is 6.72. The van der Waals surface area contributed by atoms with E-state index in [9.17, 15) is 8.42 Å². The van der Waals surface area contributed by atoms with Crippen molar-refractivity contribution in [2.45, 2.75) is 14.7 Å². The van der Waals surface area contributed by atoms with E-state index in [1.165, 1.54) is 0 Å². The van der Waals surface area contributed by atoms with Crippen LogP contribution in [0.2, 0.25) is 0 Å². The minimum Gasteiger partial charge on any atom is -0.227 e. The lowest BCUT2D eigenvalue weighted by atomic mass is 10.4. The van der Waals surface area contributed by atoms with Gasteiger partial charge in [0.2, 0.25) is 0 Å². The highest BCUT2D eigenvalue weighted by atomic mass is 32.2. The van der Waals surface area contributed by atoms with Gasteiger partial charge < -0.3 is 0 Å². The van der Waals surface area contributed by atoms with Crippen molar-refractivity contribution in [3.63, 3.8) is 0 Å². The van der Waals surface area contributed by atoms with Gasteiger partial charge in [0, 0.05) is 9.79 Å². The van der Waals surface area contributed by atoms with E-state index in [1.807, 2.05) is 42.5 Å². The molecule has 0 saturated carbocycles. The van der Waals surface area contributed by atoms with Crippen molar-refractivity contribution < 1.29 is 8.42 Å². The molecule has 82 valence electrons. The van der Waals surface area contributed by atoms with Crippen LogP contribution in [0.15, 0.2) is 69.3 Å². The van der Waals surface area contributed by atoms with Crippen LogP contribution in [0, 0.1) is 0 Å². The number of thiol groups is 1. The summed E-state index contributed by atoms with van der Waals surface area (Å²) in [5.41, 5.74) is 0. The summed E-state index contributed by atoms with van der Waals surface area (Å²) in [5, 5.41) is 0. The van der Waals surface area contributed by atoms with Gasteiger partial charge >= 0.3 is 0 Å². The van der Waals surface area contributed by atoms with Crippen LogP contribution in [-0.4, -0.2) is 8.42 Å². The Morgan fingerprint density at radius 3 is 1.88 bits per heavy atom. The summed E-state index contributed by atoms with van der Waals surface area (Å²) < 4.78 is 21.4. The fourth-order valence-electron chi connectivity index (χ4n) is 1.26. The Balaban J connectivity index is 2.17. The Bertz CT molecular complexity index is 523. The summed E-state index contributed by atoms with van der Waals surface area (Å²) in [5.74, 6) is 0. The minimum atomic E-state index is -2.48. The van der Waals surface area contributed by atoms with Crippen LogP contribution >= 0.6 is 11.8 Å². The van der Waals surface area contributed by atoms with Gasteiger partial charge in [0.15, 0.2) is 10.7 Å². The number of hydrogen-bond donors (Lipinski definition) is 1. The fraction of sp³-hybridized carbons (Fsp3) is 0. The second kappa shape index (κ2) is 5.18. The van der Waals surface area contributed by atoms with Gasteiger partial charge in [0.1, 0.15) is 0 Å². The van der Waals surface area contributed by atoms with Crippen molar-refractivity contribution in [2.75, 3.05) is 0 Å². The Morgan fingerprint density at radius 2 is 1.31 bits per heavy atom. The Labute approximate surface area is 100 Å². The summed E-state index contributed by atoms with van der Waals surface area (Å²) in [7, 11) is -2.48. The summed E-state index contributed by atoms with van der Waals surface area (Å²) in [4.78, 5) is 2.53. The monoisotopic (exact) mass is 250 g/mol. The molecule has 16 heavy (non-hydrogen) atoms. The van der Waals surface area contributed by atoms with Crippen molar-refractivity contribution in [1.29, 1.82) is 0 Å². The molecular formula is C12H10O2S2. The van der Waals surface area contributed by atoms with Gasteiger partial charge in [-0.25, -0.2) is 8.42 Å². The molecule has 2 rings (SSSR count). The van der Waals surface area contributed by atoms with Crippen molar-refractivity contribution in [3.8, 4) is 0 Å². The number of benzene rings is 2. The van der Waals surface area contributed by atoms with E-state index in [0.717, 1.165) is 9.79 Å². The van der Waals surface area contributed by atoms with Crippen LogP contribution in [0.5, 0.6) is 0 Å². The maximum atomic E-state index is 10.7. The Morgan fingerprint density at radius 1 is 0.750 bits per heavy atom. The van der Waals surface area contributed by atoms with Crippen LogP contribution in [0.3, 0.4) is 0 Å². The molecule has 0 spiro atoms. The molecule has 0 aliphatic heterocycles. The zero-order valence-corrected chi connectivity index (χ0v) is 10.1. The predicted octanol–water partition coefficient (Wildman–Crippen LogP) is 2.81. The van der Waals surface area contributed by atoms with Gasteiger partial charge in [0.05, 0.1) is 4.90 Å². The molecule has 0 aliphatic carbocycles. The smallest absolute Gasteiger partial charge is 0.168 e. The maximum Gasteiger partial charge on any atom is 0.168 e. The first-order valence-electron chi connectivity index (χ1n) is 4.73. The van der Waals surface area contributed by atoms with Crippen molar-refractivity contribution in [2.24, 2.45) is 0 Å². The molecule has 2 aromatic rings. The first-order chi connectivity index (χ1) is 7.75. The second-order valence-corrected chi connectivity index (χ2v) is 5.34. The zero-order valence-electron chi connectivity index (χ0n) is 8.37. The molecular weight excluding hydrogens is 240 g/mol. The van der Waals surface area contributed by atoms with Crippen molar-refractivity contribution >= 4 is 22.5 Å². The van der Waals surface area contributed by atoms with Gasteiger partial charge in [0.25, 0.3) is 0 Å². The largest absolute Gasteiger partial charge is 0.227 e. The molecule has 0 aliphatic rings. The third-order valence-electron chi connectivity index (χ3n) is 2.03. The molecule has 2 nitrogen and oxygen atoms in total. The van der Waals surface area contributed by atoms with E-state index in [0.29, 0.717) is 4.90 Å². The maximum absolute atomic E-state index is 10.7. The molecule has 0 saturated heterocycles. The summed E-state index contributed by atoms with van der Waals surface area (Å²) in [6.45, 7) is 0. The minimum absolute atomic E-state index is 0.354. The van der Waals surface area contributed by atoms with Gasteiger partial charge in [-0.1, -0.05) is 30.0 Å². The molecule has 0 heterocycles. The summed E-state index contributed by atoms with van der Waals surface area (Å²) in [6.07, 6.45) is 0. The lowest BCUT2D eigenvalue weighted by Gasteiger charge is -2.00. The van der Waals surface area contributed by atoms with E-state index in [-0.39, 0.29) is 0 Å². The van der Waals surface area contributed by atoms with Crippen molar-refractivity contribution in [3.05, 3.63) is 54.6 Å². The van der Waals surface area contributed by atoms with Gasteiger partial charge in [-0.3, -0.25) is 0 Å². The highest BCUT2D eigenvalue weighted by Gasteiger charge is 1.98. The number of hydrogen-bond acceptors (Lipinski definition) is 3. The van der Waals surface area contributed by atoms with Crippen molar-refractivity contribution in [1.82, 2.24) is 0 Å². The average molecular weight is 250 g/mol. The summed E-state index contributed by atoms with van der Waals surface area (Å²) in [6, 6.07) is 16.8. The van der Waals surface area contributed by atoms with Gasteiger partial charge in [-0.05, 0) is 36.4 Å². The second-order valence-electron chi connectivity index (χ2n) is 3.17. The first kappa shape index (κ1) is 11.2. The summed E-state index contributed by atoms with van der Waals surface area (Å²) >= 11 is 1.61. The lowest BCUT2D eigenvalue weighted by Crippen LogP contribution is -1.79. The zero-order chi connectivity index (χ0) is 11.4. The van der Waals surface area contributed by atoms with Crippen LogP contribution in [0.4, 0.5) is 0 Å². The average Bonchev–Trinajstić information content (AvgIpc) is 2.31. The molecule has 0 radical (unpaired) electrons. The SMILES string of the molecule is O=[SH](=O)c1ccc(Sc2ccccc2)cc1. The van der Waals surface area contributed by atoms with E-state index in [4.69, 9.17) is 0 Å². The molecule has 0 bridgehead atoms. The molecule has 0 aromatic heterocycles. The van der Waals surface area contributed by atoms with Gasteiger partial charge in [-0.2, -0.15) is 0 Å². The predicted molar refractivity (Wildman–Crippen MR) is 65.6 cm³/mol. The van der Waals surface area contributed by atoms with E-state index < -0.39 is 10.7 Å². The third-order valence-corrected chi connectivity index (χ3v) is 3.76. The lowest BCUT2D eigenvalue weighted by molar-refractivity contribution is 0.614. The molecule has 0 fully saturated rings. The van der Waals surface area contributed by atoms with Crippen LogP contribution in [0.1, 0.15) is 0 Å². The molecule has 0 atom stereocenters.